The number of carbonyl (C=O) groups excluding carboxylic acids is 2. The molecule has 0 N–H and O–H groups in total. The van der Waals surface area contributed by atoms with Gasteiger partial charge < -0.3 is 23.8 Å². The summed E-state index contributed by atoms with van der Waals surface area (Å²) in [5.74, 6) is 0.654. The van der Waals surface area contributed by atoms with Gasteiger partial charge in [-0.2, -0.15) is 0 Å². The molecule has 3 aromatic rings. The first-order valence-electron chi connectivity index (χ1n) is 11.5. The maximum absolute atomic E-state index is 13.4. The smallest absolute Gasteiger partial charge is 0.242 e. The standard InChI is InChI=1S/C26H26FN3O5/c1-33-22-11-17-7-10-30(24(31)13-18(17)12-23(22)34-2)15-25(32)29-8-5-16(6-9-29)26-20-4-3-19(27)14-21(20)35-28-26/h3-4,7,10-12,14,16H,5-6,8-9,13,15H2,1-2H3. The molecule has 5 rings (SSSR count). The topological polar surface area (TPSA) is 85.1 Å². The lowest BCUT2D eigenvalue weighted by atomic mass is 9.91. The SMILES string of the molecule is COc1cc2c(cc1OC)CC(=O)N(CC(=O)N1CCC(c3noc4cc(F)ccc34)CC1)C=C2. The maximum Gasteiger partial charge on any atom is 0.242 e. The minimum absolute atomic E-state index is 0.0194. The van der Waals surface area contributed by atoms with Crippen LogP contribution < -0.4 is 9.47 Å². The van der Waals surface area contributed by atoms with Crippen LogP contribution in [-0.2, 0) is 16.0 Å². The zero-order valence-corrected chi connectivity index (χ0v) is 19.6. The van der Waals surface area contributed by atoms with Gasteiger partial charge in [-0.15, -0.1) is 0 Å². The van der Waals surface area contributed by atoms with Gasteiger partial charge in [0.15, 0.2) is 17.1 Å². The number of aromatic nitrogens is 1. The van der Waals surface area contributed by atoms with Crippen LogP contribution in [0.4, 0.5) is 4.39 Å². The van der Waals surface area contributed by atoms with E-state index in [1.54, 1.807) is 37.5 Å². The molecule has 9 heteroatoms. The lowest BCUT2D eigenvalue weighted by Crippen LogP contribution is -2.44. The van der Waals surface area contributed by atoms with Gasteiger partial charge in [-0.05, 0) is 54.3 Å². The summed E-state index contributed by atoms with van der Waals surface area (Å²) < 4.78 is 29.5. The Balaban J connectivity index is 1.23. The molecule has 2 aliphatic heterocycles. The third-order valence-electron chi connectivity index (χ3n) is 6.74. The van der Waals surface area contributed by atoms with E-state index in [2.05, 4.69) is 5.16 Å². The summed E-state index contributed by atoms with van der Waals surface area (Å²) in [7, 11) is 3.12. The van der Waals surface area contributed by atoms with Crippen LogP contribution in [0.1, 0.15) is 35.6 Å². The van der Waals surface area contributed by atoms with Gasteiger partial charge in [0.1, 0.15) is 12.4 Å². The van der Waals surface area contributed by atoms with Gasteiger partial charge in [0.25, 0.3) is 0 Å². The average Bonchev–Trinajstić information content (AvgIpc) is 3.22. The van der Waals surface area contributed by atoms with Gasteiger partial charge in [-0.1, -0.05) is 5.16 Å². The van der Waals surface area contributed by atoms with Crippen molar-refractivity contribution in [3.63, 3.8) is 0 Å². The maximum atomic E-state index is 13.4. The number of halogens is 1. The lowest BCUT2D eigenvalue weighted by molar-refractivity contribution is -0.138. The van der Waals surface area contributed by atoms with Crippen molar-refractivity contribution >= 4 is 28.9 Å². The highest BCUT2D eigenvalue weighted by atomic mass is 19.1. The van der Waals surface area contributed by atoms with Crippen molar-refractivity contribution in [3.05, 3.63) is 59.2 Å². The predicted octanol–water partition coefficient (Wildman–Crippen LogP) is 3.75. The predicted molar refractivity (Wildman–Crippen MR) is 127 cm³/mol. The summed E-state index contributed by atoms with van der Waals surface area (Å²) in [6.45, 7) is 1.09. The average molecular weight is 480 g/mol. The second kappa shape index (κ2) is 9.40. The van der Waals surface area contributed by atoms with E-state index in [4.69, 9.17) is 14.0 Å². The molecule has 35 heavy (non-hydrogen) atoms. The van der Waals surface area contributed by atoms with E-state index in [0.717, 1.165) is 35.0 Å². The van der Waals surface area contributed by atoms with Crippen LogP contribution in [0.15, 0.2) is 41.1 Å². The Labute approximate surface area is 201 Å². The van der Waals surface area contributed by atoms with Crippen molar-refractivity contribution in [2.45, 2.75) is 25.2 Å². The molecule has 2 aromatic carbocycles. The Morgan fingerprint density at radius 2 is 1.89 bits per heavy atom. The monoisotopic (exact) mass is 479 g/mol. The van der Waals surface area contributed by atoms with Crippen molar-refractivity contribution in [1.82, 2.24) is 15.0 Å². The number of fused-ring (bicyclic) bond motifs is 2. The number of amides is 2. The number of likely N-dealkylation sites (tertiary alicyclic amines) is 1. The first kappa shape index (κ1) is 22.9. The lowest BCUT2D eigenvalue weighted by Gasteiger charge is -2.32. The highest BCUT2D eigenvalue weighted by molar-refractivity contribution is 5.89. The molecule has 1 fully saturated rings. The van der Waals surface area contributed by atoms with Crippen LogP contribution in [0, 0.1) is 5.82 Å². The molecule has 8 nitrogen and oxygen atoms in total. The molecule has 3 heterocycles. The number of benzene rings is 2. The quantitative estimate of drug-likeness (QED) is 0.554. The minimum Gasteiger partial charge on any atom is -0.493 e. The van der Waals surface area contributed by atoms with Crippen molar-refractivity contribution in [2.24, 2.45) is 0 Å². The van der Waals surface area contributed by atoms with E-state index >= 15 is 0 Å². The van der Waals surface area contributed by atoms with E-state index in [9.17, 15) is 14.0 Å². The summed E-state index contributed by atoms with van der Waals surface area (Å²) in [5, 5.41) is 4.97. The number of ether oxygens (including phenoxy) is 2. The molecule has 2 aliphatic rings. The molecule has 1 aromatic heterocycles. The van der Waals surface area contributed by atoms with Crippen LogP contribution in [-0.4, -0.2) is 60.6 Å². The second-order valence-corrected chi connectivity index (χ2v) is 8.78. The fraction of sp³-hybridized carbons (Fsp3) is 0.346. The fourth-order valence-corrected chi connectivity index (χ4v) is 4.78. The van der Waals surface area contributed by atoms with E-state index < -0.39 is 0 Å². The van der Waals surface area contributed by atoms with Crippen molar-refractivity contribution < 1.29 is 28.0 Å². The number of nitrogens with zero attached hydrogens (tertiary/aromatic N) is 3. The summed E-state index contributed by atoms with van der Waals surface area (Å²) in [6.07, 6.45) is 5.09. The first-order valence-corrected chi connectivity index (χ1v) is 11.5. The Morgan fingerprint density at radius 3 is 2.63 bits per heavy atom. The van der Waals surface area contributed by atoms with Crippen LogP contribution in [0.5, 0.6) is 11.5 Å². The van der Waals surface area contributed by atoms with E-state index in [1.807, 2.05) is 12.1 Å². The van der Waals surface area contributed by atoms with E-state index in [-0.39, 0.29) is 36.5 Å². The molecule has 0 aliphatic carbocycles. The summed E-state index contributed by atoms with van der Waals surface area (Å²) in [6, 6.07) is 8.05. The second-order valence-electron chi connectivity index (χ2n) is 8.78. The highest BCUT2D eigenvalue weighted by Crippen LogP contribution is 2.34. The molecule has 2 amide bonds. The van der Waals surface area contributed by atoms with Gasteiger partial charge >= 0.3 is 0 Å². The molecule has 182 valence electrons. The van der Waals surface area contributed by atoms with Gasteiger partial charge in [-0.3, -0.25) is 9.59 Å². The Morgan fingerprint density at radius 1 is 1.14 bits per heavy atom. The zero-order valence-electron chi connectivity index (χ0n) is 19.6. The van der Waals surface area contributed by atoms with Crippen LogP contribution in [0.25, 0.3) is 17.0 Å². The molecule has 0 spiro atoms. The number of rotatable bonds is 5. The number of piperidine rings is 1. The highest BCUT2D eigenvalue weighted by Gasteiger charge is 2.29. The van der Waals surface area contributed by atoms with Crippen LogP contribution in [0.3, 0.4) is 0 Å². The molecule has 0 radical (unpaired) electrons. The van der Waals surface area contributed by atoms with Gasteiger partial charge in [0, 0.05) is 36.7 Å². The molecule has 0 atom stereocenters. The molecular weight excluding hydrogens is 453 g/mol. The van der Waals surface area contributed by atoms with Gasteiger partial charge in [0.05, 0.1) is 26.3 Å². The van der Waals surface area contributed by atoms with Gasteiger partial charge in [0.2, 0.25) is 11.8 Å². The summed E-state index contributed by atoms with van der Waals surface area (Å²) in [4.78, 5) is 29.2. The number of hydrogen-bond donors (Lipinski definition) is 0. The zero-order chi connectivity index (χ0) is 24.5. The molecular formula is C26H26FN3O5. The van der Waals surface area contributed by atoms with Gasteiger partial charge in [-0.25, -0.2) is 4.39 Å². The fourth-order valence-electron chi connectivity index (χ4n) is 4.78. The summed E-state index contributed by atoms with van der Waals surface area (Å²) in [5.41, 5.74) is 2.91. The molecule has 1 saturated heterocycles. The van der Waals surface area contributed by atoms with Crippen LogP contribution in [0.2, 0.25) is 0 Å². The normalized spacial score (nSPS) is 16.4. The number of carbonyl (C=O) groups is 2. The third kappa shape index (κ3) is 4.45. The minimum atomic E-state index is -0.362. The Hall–Kier alpha value is -3.88. The van der Waals surface area contributed by atoms with Crippen molar-refractivity contribution in [1.29, 1.82) is 0 Å². The van der Waals surface area contributed by atoms with Crippen LogP contribution >= 0.6 is 0 Å². The largest absolute Gasteiger partial charge is 0.493 e. The van der Waals surface area contributed by atoms with Crippen molar-refractivity contribution in [2.75, 3.05) is 33.9 Å². The first-order chi connectivity index (χ1) is 17.0. The Bertz CT molecular complexity index is 1310. The van der Waals surface area contributed by atoms with Crippen molar-refractivity contribution in [3.8, 4) is 11.5 Å². The number of hydrogen-bond acceptors (Lipinski definition) is 6. The molecule has 0 bridgehead atoms. The third-order valence-corrected chi connectivity index (χ3v) is 6.74. The van der Waals surface area contributed by atoms with E-state index in [1.165, 1.54) is 17.0 Å². The number of methoxy groups -OCH3 is 2. The summed E-state index contributed by atoms with van der Waals surface area (Å²) >= 11 is 0. The van der Waals surface area contributed by atoms with E-state index in [0.29, 0.717) is 30.2 Å². The Kier molecular flexibility index (Phi) is 6.15. The molecule has 0 unspecified atom stereocenters. The molecule has 0 saturated carbocycles.